The molecular weight excluding hydrogens is 456 g/mol. The molecule has 11 heteroatoms. The summed E-state index contributed by atoms with van der Waals surface area (Å²) in [7, 11) is 0. The first-order valence-electron chi connectivity index (χ1n) is 9.64. The van der Waals surface area contributed by atoms with Crippen LogP contribution in [0.5, 0.6) is 5.75 Å². The summed E-state index contributed by atoms with van der Waals surface area (Å²) in [5, 5.41) is 10.7. The average Bonchev–Trinajstić information content (AvgIpc) is 3.06. The Morgan fingerprint density at radius 3 is 2.41 bits per heavy atom. The van der Waals surface area contributed by atoms with Crippen LogP contribution in [-0.4, -0.2) is 31.8 Å². The monoisotopic (exact) mass is 479 g/mol. The minimum absolute atomic E-state index is 0.135. The van der Waals surface area contributed by atoms with Gasteiger partial charge in [-0.25, -0.2) is 4.68 Å². The van der Waals surface area contributed by atoms with Crippen molar-refractivity contribution in [2.75, 3.05) is 11.2 Å². The maximum absolute atomic E-state index is 12.5. The van der Waals surface area contributed by atoms with E-state index in [1.807, 2.05) is 26.0 Å². The third kappa shape index (κ3) is 6.60. The molecule has 3 N–H and O–H groups in total. The second-order valence-electron chi connectivity index (χ2n) is 7.03. The van der Waals surface area contributed by atoms with E-state index < -0.39 is 11.0 Å². The normalized spacial score (nSPS) is 12.1. The van der Waals surface area contributed by atoms with E-state index in [1.54, 1.807) is 19.1 Å². The van der Waals surface area contributed by atoms with Gasteiger partial charge in [0.2, 0.25) is 11.1 Å². The van der Waals surface area contributed by atoms with Crippen LogP contribution in [0.15, 0.2) is 52.5 Å². The third-order valence-electron chi connectivity index (χ3n) is 4.30. The number of thioether (sulfide) groups is 2. The van der Waals surface area contributed by atoms with E-state index in [0.717, 1.165) is 22.9 Å². The van der Waals surface area contributed by atoms with Gasteiger partial charge in [-0.05, 0) is 68.3 Å². The predicted octanol–water partition coefficient (Wildman–Crippen LogP) is 4.62. The molecular formula is C21H23F2N5O2S2. The molecule has 1 aromatic heterocycles. The molecule has 0 spiro atoms. The molecule has 170 valence electrons. The van der Waals surface area contributed by atoms with Crippen LogP contribution in [0.3, 0.4) is 0 Å². The van der Waals surface area contributed by atoms with Gasteiger partial charge in [-0.2, -0.15) is 8.78 Å². The second-order valence-corrected chi connectivity index (χ2v) is 9.40. The van der Waals surface area contributed by atoms with Crippen molar-refractivity contribution in [2.24, 2.45) is 0 Å². The Morgan fingerprint density at radius 2 is 1.78 bits per heavy atom. The van der Waals surface area contributed by atoms with Crippen LogP contribution in [0.2, 0.25) is 0 Å². The number of nitrogen functional groups attached to an aromatic ring is 1. The summed E-state index contributed by atoms with van der Waals surface area (Å²) in [6.45, 7) is 5.82. The number of aromatic nitrogens is 3. The zero-order valence-electron chi connectivity index (χ0n) is 17.7. The molecule has 3 rings (SSSR count). The van der Waals surface area contributed by atoms with E-state index in [4.69, 9.17) is 10.6 Å². The quantitative estimate of drug-likeness (QED) is 0.341. The molecule has 1 unspecified atom stereocenters. The number of alkyl halides is 2. The molecule has 1 heterocycles. The number of nitrogens with zero attached hydrogens (tertiary/aromatic N) is 3. The van der Waals surface area contributed by atoms with Gasteiger partial charge in [0.1, 0.15) is 12.4 Å². The maximum atomic E-state index is 12.5. The first-order chi connectivity index (χ1) is 15.2. The highest BCUT2D eigenvalue weighted by atomic mass is 32.2. The van der Waals surface area contributed by atoms with Crippen molar-refractivity contribution >= 4 is 35.1 Å². The number of rotatable bonds is 9. The number of carbonyl (C=O) groups excluding carboxylic acids is 1. The summed E-state index contributed by atoms with van der Waals surface area (Å²) in [5.41, 5.74) is 2.69. The lowest BCUT2D eigenvalue weighted by atomic mass is 10.1. The molecule has 0 fully saturated rings. The Bertz CT molecular complexity index is 1060. The number of nitrogens with two attached hydrogens (primary N) is 1. The lowest BCUT2D eigenvalue weighted by molar-refractivity contribution is -0.115. The molecule has 1 amide bonds. The van der Waals surface area contributed by atoms with Crippen molar-refractivity contribution in [3.05, 3.63) is 59.4 Å². The number of halogens is 2. The summed E-state index contributed by atoms with van der Waals surface area (Å²) in [6, 6.07) is 12.1. The standard InChI is InChI=1S/C21H23F2N5O2S2/c1-12-8-13(2)10-16(9-12)30-11-18-26-27-21(28(18)24)31-14(3)19(29)25-15-4-6-17(7-5-15)32-20(22)23/h4-10,14,20H,11,24H2,1-3H3,(H,25,29). The topological polar surface area (TPSA) is 95.1 Å². The number of amides is 1. The van der Waals surface area contributed by atoms with Crippen LogP contribution < -0.4 is 15.9 Å². The fourth-order valence-corrected chi connectivity index (χ4v) is 4.11. The van der Waals surface area contributed by atoms with Crippen LogP contribution in [-0.2, 0) is 11.4 Å². The van der Waals surface area contributed by atoms with E-state index >= 15 is 0 Å². The molecule has 0 aliphatic rings. The van der Waals surface area contributed by atoms with Crippen molar-refractivity contribution in [2.45, 2.75) is 48.4 Å². The Kier molecular flexibility index (Phi) is 7.97. The van der Waals surface area contributed by atoms with Gasteiger partial charge in [0.25, 0.3) is 5.76 Å². The molecule has 0 saturated carbocycles. The van der Waals surface area contributed by atoms with Gasteiger partial charge in [0.15, 0.2) is 5.82 Å². The minimum atomic E-state index is -2.49. The maximum Gasteiger partial charge on any atom is 0.288 e. The van der Waals surface area contributed by atoms with Gasteiger partial charge in [-0.15, -0.1) is 10.2 Å². The fraction of sp³-hybridized carbons (Fsp3) is 0.286. The lowest BCUT2D eigenvalue weighted by Gasteiger charge is -2.12. The second kappa shape index (κ2) is 10.7. The Labute approximate surface area is 193 Å². The average molecular weight is 480 g/mol. The van der Waals surface area contributed by atoms with Crippen LogP contribution >= 0.6 is 23.5 Å². The predicted molar refractivity (Wildman–Crippen MR) is 123 cm³/mol. The van der Waals surface area contributed by atoms with Gasteiger partial charge < -0.3 is 15.9 Å². The highest BCUT2D eigenvalue weighted by molar-refractivity contribution is 8.00. The number of benzene rings is 2. The lowest BCUT2D eigenvalue weighted by Crippen LogP contribution is -2.24. The number of nitrogens with one attached hydrogen (secondary N) is 1. The van der Waals surface area contributed by atoms with Crippen LogP contribution in [0.25, 0.3) is 0 Å². The van der Waals surface area contributed by atoms with Gasteiger partial charge in [-0.1, -0.05) is 29.6 Å². The van der Waals surface area contributed by atoms with Crippen LogP contribution in [0.4, 0.5) is 14.5 Å². The molecule has 2 aromatic carbocycles. The highest BCUT2D eigenvalue weighted by Crippen LogP contribution is 2.27. The summed E-state index contributed by atoms with van der Waals surface area (Å²) in [6.07, 6.45) is 0. The number of carbonyl (C=O) groups is 1. The highest BCUT2D eigenvalue weighted by Gasteiger charge is 2.20. The van der Waals surface area contributed by atoms with Crippen molar-refractivity contribution < 1.29 is 18.3 Å². The molecule has 1 atom stereocenters. The van der Waals surface area contributed by atoms with Crippen molar-refractivity contribution in [1.82, 2.24) is 14.9 Å². The van der Waals surface area contributed by atoms with E-state index in [0.29, 0.717) is 39.1 Å². The first kappa shape index (κ1) is 23.9. The minimum Gasteiger partial charge on any atom is -0.486 e. The SMILES string of the molecule is Cc1cc(C)cc(OCc2nnc(SC(C)C(=O)Nc3ccc(SC(F)F)cc3)n2N)c1. The van der Waals surface area contributed by atoms with Gasteiger partial charge in [-0.3, -0.25) is 4.79 Å². The summed E-state index contributed by atoms with van der Waals surface area (Å²) < 4.78 is 31.9. The number of anilines is 1. The molecule has 0 aliphatic heterocycles. The van der Waals surface area contributed by atoms with E-state index in [1.165, 1.54) is 16.8 Å². The first-order valence-corrected chi connectivity index (χ1v) is 11.4. The molecule has 32 heavy (non-hydrogen) atoms. The van der Waals surface area contributed by atoms with Gasteiger partial charge in [0.05, 0.1) is 5.25 Å². The molecule has 0 radical (unpaired) electrons. The molecule has 0 saturated heterocycles. The number of hydrogen-bond acceptors (Lipinski definition) is 7. The van der Waals surface area contributed by atoms with Crippen LogP contribution in [0.1, 0.15) is 23.9 Å². The van der Waals surface area contributed by atoms with E-state index in [2.05, 4.69) is 21.6 Å². The zero-order chi connectivity index (χ0) is 23.3. The molecule has 0 aliphatic carbocycles. The fourth-order valence-electron chi connectivity index (χ4n) is 2.83. The largest absolute Gasteiger partial charge is 0.486 e. The summed E-state index contributed by atoms with van der Waals surface area (Å²) in [4.78, 5) is 12.9. The van der Waals surface area contributed by atoms with Gasteiger partial charge >= 0.3 is 0 Å². The van der Waals surface area contributed by atoms with Gasteiger partial charge in [0, 0.05) is 10.6 Å². The molecule has 7 nitrogen and oxygen atoms in total. The summed E-state index contributed by atoms with van der Waals surface area (Å²) in [5.74, 6) is 4.45. The number of hydrogen-bond donors (Lipinski definition) is 2. The van der Waals surface area contributed by atoms with E-state index in [-0.39, 0.29) is 12.5 Å². The van der Waals surface area contributed by atoms with E-state index in [9.17, 15) is 13.6 Å². The Morgan fingerprint density at radius 1 is 1.12 bits per heavy atom. The van der Waals surface area contributed by atoms with Crippen molar-refractivity contribution in [3.8, 4) is 5.75 Å². The Balaban J connectivity index is 1.56. The van der Waals surface area contributed by atoms with Crippen molar-refractivity contribution in [3.63, 3.8) is 0 Å². The van der Waals surface area contributed by atoms with Crippen LogP contribution in [0, 0.1) is 13.8 Å². The van der Waals surface area contributed by atoms with Crippen molar-refractivity contribution in [1.29, 1.82) is 0 Å². The number of ether oxygens (including phenoxy) is 1. The Hall–Kier alpha value is -2.79. The number of aryl methyl sites for hydroxylation is 2. The summed E-state index contributed by atoms with van der Waals surface area (Å²) >= 11 is 1.60. The smallest absolute Gasteiger partial charge is 0.288 e. The molecule has 0 bridgehead atoms. The molecule has 3 aromatic rings. The third-order valence-corrected chi connectivity index (χ3v) is 6.08. The zero-order valence-corrected chi connectivity index (χ0v) is 19.3.